The molecule has 0 N–H and O–H groups in total. The fourth-order valence-electron chi connectivity index (χ4n) is 4.63. The van der Waals surface area contributed by atoms with Crippen molar-refractivity contribution >= 4 is 40.7 Å². The first kappa shape index (κ1) is 24.8. The molecule has 4 rings (SSSR count). The third-order valence-electron chi connectivity index (χ3n) is 6.62. The Kier molecular flexibility index (Phi) is 7.09. The first-order valence-electron chi connectivity index (χ1n) is 11.4. The quantitative estimate of drug-likeness (QED) is 0.422. The van der Waals surface area contributed by atoms with Crippen molar-refractivity contribution in [2.24, 2.45) is 5.92 Å². The summed E-state index contributed by atoms with van der Waals surface area (Å²) in [5.74, 6) is -1.03. The van der Waals surface area contributed by atoms with E-state index < -0.39 is 17.5 Å². The van der Waals surface area contributed by atoms with Gasteiger partial charge in [0.15, 0.2) is 11.4 Å². The van der Waals surface area contributed by atoms with Crippen LogP contribution >= 0.6 is 23.2 Å². The van der Waals surface area contributed by atoms with Crippen LogP contribution in [0.5, 0.6) is 0 Å². The highest BCUT2D eigenvalue weighted by molar-refractivity contribution is 6.35. The number of rotatable bonds is 5. The Labute approximate surface area is 210 Å². The Morgan fingerprint density at radius 2 is 1.74 bits per heavy atom. The zero-order chi connectivity index (χ0) is 24.6. The number of halogens is 2. The molecule has 5 nitrogen and oxygen atoms in total. The van der Waals surface area contributed by atoms with Gasteiger partial charge in [-0.2, -0.15) is 0 Å². The lowest BCUT2D eigenvalue weighted by Gasteiger charge is -2.36. The molecular weight excluding hydrogens is 475 g/mol. The molecule has 2 aromatic rings. The van der Waals surface area contributed by atoms with Crippen molar-refractivity contribution in [3.05, 3.63) is 63.3 Å². The Bertz CT molecular complexity index is 1140. The molecule has 1 aliphatic carbocycles. The van der Waals surface area contributed by atoms with Crippen molar-refractivity contribution in [2.45, 2.75) is 58.2 Å². The number of carbonyl (C=O) groups is 2. The van der Waals surface area contributed by atoms with Crippen molar-refractivity contribution in [1.29, 1.82) is 0 Å². The normalized spacial score (nSPS) is 22.4. The number of benzene rings is 2. The minimum absolute atomic E-state index is 0.0833. The molecule has 0 bridgehead atoms. The van der Waals surface area contributed by atoms with E-state index in [1.54, 1.807) is 21.0 Å². The fourth-order valence-corrected chi connectivity index (χ4v) is 5.01. The van der Waals surface area contributed by atoms with Crippen LogP contribution in [0.3, 0.4) is 0 Å². The summed E-state index contributed by atoms with van der Waals surface area (Å²) in [4.78, 5) is 25.9. The average molecular weight is 503 g/mol. The summed E-state index contributed by atoms with van der Waals surface area (Å²) >= 11 is 12.8. The number of hydrogen-bond acceptors (Lipinski definition) is 5. The molecule has 0 aromatic heterocycles. The molecule has 34 heavy (non-hydrogen) atoms. The lowest BCUT2D eigenvalue weighted by Crippen LogP contribution is -2.40. The maximum absolute atomic E-state index is 13.2. The second-order valence-electron chi connectivity index (χ2n) is 9.25. The summed E-state index contributed by atoms with van der Waals surface area (Å²) in [7, 11) is 1.68. The summed E-state index contributed by atoms with van der Waals surface area (Å²) in [6.07, 6.45) is 2.51. The van der Waals surface area contributed by atoms with Crippen molar-refractivity contribution in [3.8, 4) is 11.1 Å². The van der Waals surface area contributed by atoms with Gasteiger partial charge in [0, 0.05) is 22.7 Å². The summed E-state index contributed by atoms with van der Waals surface area (Å²) in [5, 5.41) is 1.02. The average Bonchev–Trinajstić information content (AvgIpc) is 3.06. The number of hydrogen-bond donors (Lipinski definition) is 0. The Morgan fingerprint density at radius 3 is 2.32 bits per heavy atom. The van der Waals surface area contributed by atoms with E-state index in [-0.39, 0.29) is 23.4 Å². The molecule has 2 aromatic carbocycles. The molecule has 0 atom stereocenters. The lowest BCUT2D eigenvalue weighted by atomic mass is 9.80. The van der Waals surface area contributed by atoms with E-state index in [2.05, 4.69) is 0 Å². The third-order valence-corrected chi connectivity index (χ3v) is 7.18. The van der Waals surface area contributed by atoms with Crippen LogP contribution in [0.4, 0.5) is 0 Å². The van der Waals surface area contributed by atoms with E-state index in [0.29, 0.717) is 41.3 Å². The SMILES string of the molecule is COC1CCC2(CC1)OC(=O)C(c1cc(C)c(-c3ccc(Cl)cc3)cc1Cl)=C2OC(=O)C(C)C. The molecule has 0 amide bonds. The van der Waals surface area contributed by atoms with Gasteiger partial charge in [-0.15, -0.1) is 0 Å². The van der Waals surface area contributed by atoms with Crippen molar-refractivity contribution in [1.82, 2.24) is 0 Å². The van der Waals surface area contributed by atoms with Crippen LogP contribution in [0, 0.1) is 12.8 Å². The molecule has 1 aliphatic heterocycles. The van der Waals surface area contributed by atoms with Gasteiger partial charge in [0.2, 0.25) is 0 Å². The van der Waals surface area contributed by atoms with Gasteiger partial charge in [0.25, 0.3) is 0 Å². The first-order valence-corrected chi connectivity index (χ1v) is 12.2. The highest BCUT2D eigenvalue weighted by Crippen LogP contribution is 2.49. The van der Waals surface area contributed by atoms with E-state index in [4.69, 9.17) is 37.4 Å². The molecular formula is C27H28Cl2O5. The fraction of sp³-hybridized carbons (Fsp3) is 0.407. The summed E-state index contributed by atoms with van der Waals surface area (Å²) in [5.41, 5.74) is 2.53. The minimum Gasteiger partial charge on any atom is -0.447 e. The largest absolute Gasteiger partial charge is 0.447 e. The van der Waals surface area contributed by atoms with Crippen LogP contribution in [0.15, 0.2) is 42.2 Å². The van der Waals surface area contributed by atoms with E-state index in [0.717, 1.165) is 16.7 Å². The van der Waals surface area contributed by atoms with E-state index in [1.807, 2.05) is 43.3 Å². The zero-order valence-electron chi connectivity index (χ0n) is 19.7. The van der Waals surface area contributed by atoms with Crippen LogP contribution in [-0.4, -0.2) is 30.8 Å². The van der Waals surface area contributed by atoms with Gasteiger partial charge in [-0.3, -0.25) is 4.79 Å². The number of aryl methyl sites for hydroxylation is 1. The van der Waals surface area contributed by atoms with Gasteiger partial charge in [0.05, 0.1) is 12.0 Å². The first-order chi connectivity index (χ1) is 16.1. The van der Waals surface area contributed by atoms with Gasteiger partial charge in [-0.1, -0.05) is 49.2 Å². The predicted octanol–water partition coefficient (Wildman–Crippen LogP) is 6.76. The highest BCUT2D eigenvalue weighted by atomic mass is 35.5. The predicted molar refractivity (Wildman–Crippen MR) is 133 cm³/mol. The second kappa shape index (κ2) is 9.73. The molecule has 1 saturated carbocycles. The Morgan fingerprint density at radius 1 is 1.09 bits per heavy atom. The van der Waals surface area contributed by atoms with Crippen molar-refractivity contribution < 1.29 is 23.8 Å². The molecule has 1 heterocycles. The van der Waals surface area contributed by atoms with Crippen molar-refractivity contribution in [2.75, 3.05) is 7.11 Å². The number of methoxy groups -OCH3 is 1. The van der Waals surface area contributed by atoms with Gasteiger partial charge < -0.3 is 14.2 Å². The molecule has 1 spiro atoms. The molecule has 180 valence electrons. The van der Waals surface area contributed by atoms with Crippen LogP contribution < -0.4 is 0 Å². The molecule has 0 unspecified atom stereocenters. The van der Waals surface area contributed by atoms with E-state index >= 15 is 0 Å². The molecule has 0 radical (unpaired) electrons. The van der Waals surface area contributed by atoms with Gasteiger partial charge in [-0.05, 0) is 73.6 Å². The zero-order valence-corrected chi connectivity index (χ0v) is 21.3. The number of esters is 2. The van der Waals surface area contributed by atoms with Gasteiger partial charge in [-0.25, -0.2) is 4.79 Å². The summed E-state index contributed by atoms with van der Waals surface area (Å²) in [6.45, 7) is 5.46. The Hall–Kier alpha value is -2.34. The van der Waals surface area contributed by atoms with Crippen LogP contribution in [0.25, 0.3) is 16.7 Å². The topological polar surface area (TPSA) is 61.8 Å². The summed E-state index contributed by atoms with van der Waals surface area (Å²) in [6, 6.07) is 11.2. The monoisotopic (exact) mass is 502 g/mol. The maximum atomic E-state index is 13.2. The van der Waals surface area contributed by atoms with Crippen LogP contribution in [0.1, 0.15) is 50.7 Å². The minimum atomic E-state index is -0.988. The van der Waals surface area contributed by atoms with Crippen molar-refractivity contribution in [3.63, 3.8) is 0 Å². The maximum Gasteiger partial charge on any atom is 0.343 e. The highest BCUT2D eigenvalue weighted by Gasteiger charge is 2.52. The lowest BCUT2D eigenvalue weighted by molar-refractivity contribution is -0.159. The van der Waals surface area contributed by atoms with Crippen LogP contribution in [0.2, 0.25) is 10.0 Å². The standard InChI is InChI=1S/C27H28Cl2O5/c1-15(2)25(30)33-24-23(26(31)34-27(24)11-9-19(32-4)10-12-27)21-13-16(3)20(14-22(21)29)17-5-7-18(28)8-6-17/h5-8,13-15,19H,9-12H2,1-4H3. The number of ether oxygens (including phenoxy) is 3. The third kappa shape index (κ3) is 4.61. The molecule has 0 saturated heterocycles. The molecule has 2 aliphatic rings. The Balaban J connectivity index is 1.82. The second-order valence-corrected chi connectivity index (χ2v) is 10.1. The molecule has 1 fully saturated rings. The van der Waals surface area contributed by atoms with Gasteiger partial charge >= 0.3 is 11.9 Å². The smallest absolute Gasteiger partial charge is 0.343 e. The van der Waals surface area contributed by atoms with E-state index in [9.17, 15) is 9.59 Å². The summed E-state index contributed by atoms with van der Waals surface area (Å²) < 4.78 is 17.3. The molecule has 7 heteroatoms. The number of carbonyl (C=O) groups excluding carboxylic acids is 2. The van der Waals surface area contributed by atoms with E-state index in [1.165, 1.54) is 0 Å². The van der Waals surface area contributed by atoms with Crippen LogP contribution in [-0.2, 0) is 23.8 Å². The van der Waals surface area contributed by atoms with Gasteiger partial charge in [0.1, 0.15) is 5.57 Å².